The molecule has 2 heteroatoms. The van der Waals surface area contributed by atoms with Gasteiger partial charge < -0.3 is 0 Å². The molecule has 104 valence electrons. The van der Waals surface area contributed by atoms with E-state index in [4.69, 9.17) is 0 Å². The van der Waals surface area contributed by atoms with Gasteiger partial charge in [0.15, 0.2) is 0 Å². The van der Waals surface area contributed by atoms with E-state index in [1.807, 2.05) is 0 Å². The first-order chi connectivity index (χ1) is 9.22. The Morgan fingerprint density at radius 1 is 1.16 bits per heavy atom. The fraction of sp³-hybridized carbons (Fsp3) is 0.529. The van der Waals surface area contributed by atoms with Gasteiger partial charge in [0.1, 0.15) is 0 Å². The van der Waals surface area contributed by atoms with Crippen LogP contribution in [0, 0.1) is 0 Å². The molecule has 0 aromatic carbocycles. The molecule has 19 heavy (non-hydrogen) atoms. The van der Waals surface area contributed by atoms with Crippen molar-refractivity contribution in [1.29, 1.82) is 0 Å². The summed E-state index contributed by atoms with van der Waals surface area (Å²) in [6, 6.07) is 0. The van der Waals surface area contributed by atoms with Crippen molar-refractivity contribution < 1.29 is 0 Å². The molecule has 0 radical (unpaired) electrons. The molecule has 2 nitrogen and oxygen atoms in total. The second-order valence-electron chi connectivity index (χ2n) is 4.89. The lowest BCUT2D eigenvalue weighted by molar-refractivity contribution is 0.721. The molecular formula is C17H26N2. The highest BCUT2D eigenvalue weighted by atomic mass is 14.8. The molecule has 1 heterocycles. The molecule has 1 aromatic rings. The summed E-state index contributed by atoms with van der Waals surface area (Å²) in [5, 5.41) is 2.05. The summed E-state index contributed by atoms with van der Waals surface area (Å²) in [4.78, 5) is 8.96. The van der Waals surface area contributed by atoms with E-state index in [0.29, 0.717) is 0 Å². The predicted octanol–water partition coefficient (Wildman–Crippen LogP) is 3.36. The molecule has 0 unspecified atom stereocenters. The predicted molar refractivity (Wildman–Crippen MR) is 83.0 cm³/mol. The van der Waals surface area contributed by atoms with E-state index in [-0.39, 0.29) is 0 Å². The van der Waals surface area contributed by atoms with Gasteiger partial charge in [-0.05, 0) is 44.8 Å². The van der Waals surface area contributed by atoms with Crippen LogP contribution in [-0.2, 0) is 0 Å². The van der Waals surface area contributed by atoms with Crippen LogP contribution < -0.4 is 10.7 Å². The van der Waals surface area contributed by atoms with Gasteiger partial charge in [-0.25, -0.2) is 0 Å². The molecule has 0 aliphatic rings. The molecule has 0 atom stereocenters. The van der Waals surface area contributed by atoms with Gasteiger partial charge in [0.05, 0.1) is 10.7 Å². The Morgan fingerprint density at radius 3 is 2.53 bits per heavy atom. The Balaban J connectivity index is 3.11. The molecule has 0 N–H and O–H groups in total. The van der Waals surface area contributed by atoms with E-state index in [2.05, 4.69) is 49.8 Å². The second kappa shape index (κ2) is 8.63. The van der Waals surface area contributed by atoms with Crippen molar-refractivity contribution in [3.63, 3.8) is 0 Å². The minimum Gasteiger partial charge on any atom is -0.253 e. The third kappa shape index (κ3) is 4.98. The fourth-order valence-corrected chi connectivity index (χ4v) is 2.01. The first-order valence-electron chi connectivity index (χ1n) is 7.36. The van der Waals surface area contributed by atoms with Crippen LogP contribution in [0.4, 0.5) is 0 Å². The molecule has 0 amide bonds. The molecule has 0 bridgehead atoms. The van der Waals surface area contributed by atoms with Crippen LogP contribution in [0.15, 0.2) is 24.0 Å². The van der Waals surface area contributed by atoms with Gasteiger partial charge in [-0.3, -0.25) is 9.97 Å². The summed E-state index contributed by atoms with van der Waals surface area (Å²) in [6.45, 7) is 8.63. The van der Waals surface area contributed by atoms with Crippen molar-refractivity contribution in [2.45, 2.75) is 59.8 Å². The quantitative estimate of drug-likeness (QED) is 0.731. The summed E-state index contributed by atoms with van der Waals surface area (Å²) < 4.78 is 0. The molecule has 0 fully saturated rings. The summed E-state index contributed by atoms with van der Waals surface area (Å²) in [7, 11) is 0. The van der Waals surface area contributed by atoms with Gasteiger partial charge >= 0.3 is 0 Å². The van der Waals surface area contributed by atoms with Crippen LogP contribution in [0.1, 0.15) is 59.8 Å². The zero-order valence-electron chi connectivity index (χ0n) is 12.7. The molecule has 0 saturated heterocycles. The molecule has 0 spiro atoms. The number of nitrogens with zero attached hydrogens (tertiary/aromatic N) is 2. The lowest BCUT2D eigenvalue weighted by Crippen LogP contribution is -2.32. The monoisotopic (exact) mass is 258 g/mol. The fourth-order valence-electron chi connectivity index (χ4n) is 2.01. The molecule has 1 aromatic heterocycles. The summed E-state index contributed by atoms with van der Waals surface area (Å²) >= 11 is 0. The van der Waals surface area contributed by atoms with Crippen molar-refractivity contribution in [2.75, 3.05) is 0 Å². The largest absolute Gasteiger partial charge is 0.253 e. The first kappa shape index (κ1) is 15.6. The topological polar surface area (TPSA) is 25.8 Å². The van der Waals surface area contributed by atoms with Gasteiger partial charge in [0, 0.05) is 12.4 Å². The van der Waals surface area contributed by atoms with Crippen molar-refractivity contribution >= 4 is 11.6 Å². The average Bonchev–Trinajstić information content (AvgIpc) is 2.46. The number of hydrogen-bond acceptors (Lipinski definition) is 2. The first-order valence-corrected chi connectivity index (χ1v) is 7.36. The molecule has 0 aliphatic carbocycles. The van der Waals surface area contributed by atoms with E-state index < -0.39 is 0 Å². The Labute approximate surface area is 117 Å². The Bertz CT molecular complexity index is 526. The van der Waals surface area contributed by atoms with Crippen molar-refractivity contribution in [2.24, 2.45) is 0 Å². The SMILES string of the molecule is C/C=C(\C=c1\nccnc1=C(C)CC)CCCCC. The third-order valence-corrected chi connectivity index (χ3v) is 3.42. The van der Waals surface area contributed by atoms with Crippen LogP contribution in [0.3, 0.4) is 0 Å². The second-order valence-corrected chi connectivity index (χ2v) is 4.89. The van der Waals surface area contributed by atoms with E-state index in [1.54, 1.807) is 12.4 Å². The third-order valence-electron chi connectivity index (χ3n) is 3.42. The van der Waals surface area contributed by atoms with Crippen LogP contribution in [0.25, 0.3) is 11.6 Å². The van der Waals surface area contributed by atoms with Gasteiger partial charge in [-0.2, -0.15) is 0 Å². The van der Waals surface area contributed by atoms with Gasteiger partial charge in [-0.1, -0.05) is 38.3 Å². The maximum Gasteiger partial charge on any atom is 0.0888 e. The van der Waals surface area contributed by atoms with Crippen molar-refractivity contribution in [3.05, 3.63) is 34.7 Å². The lowest BCUT2D eigenvalue weighted by atomic mass is 10.1. The van der Waals surface area contributed by atoms with Gasteiger partial charge in [0.25, 0.3) is 0 Å². The smallest absolute Gasteiger partial charge is 0.0888 e. The summed E-state index contributed by atoms with van der Waals surface area (Å²) in [5.41, 5.74) is 2.66. The standard InChI is InChI=1S/C17H26N2/c1-5-8-9-10-15(7-3)13-16-17(14(4)6-2)19-12-11-18-16/h7,11-13H,5-6,8-10H2,1-4H3/b15-7-,16-13+,17-14?. The highest BCUT2D eigenvalue weighted by molar-refractivity contribution is 5.47. The zero-order chi connectivity index (χ0) is 14.1. The van der Waals surface area contributed by atoms with Gasteiger partial charge in [-0.15, -0.1) is 0 Å². The maximum atomic E-state index is 4.48. The normalized spacial score (nSPS) is 14.7. The average molecular weight is 258 g/mol. The lowest BCUT2D eigenvalue weighted by Gasteiger charge is -2.01. The Hall–Kier alpha value is -1.44. The number of unbranched alkanes of at least 4 members (excludes halogenated alkanes) is 2. The number of allylic oxidation sites excluding steroid dienone is 2. The van der Waals surface area contributed by atoms with E-state index in [1.165, 1.54) is 30.4 Å². The van der Waals surface area contributed by atoms with E-state index in [0.717, 1.165) is 23.5 Å². The van der Waals surface area contributed by atoms with Gasteiger partial charge in [0.2, 0.25) is 0 Å². The summed E-state index contributed by atoms with van der Waals surface area (Å²) in [6.07, 6.45) is 13.9. The number of hydrogen-bond donors (Lipinski definition) is 0. The minimum absolute atomic E-state index is 1.01. The molecule has 0 saturated carbocycles. The maximum absolute atomic E-state index is 4.48. The van der Waals surface area contributed by atoms with Crippen molar-refractivity contribution in [3.8, 4) is 0 Å². The van der Waals surface area contributed by atoms with Crippen LogP contribution >= 0.6 is 0 Å². The molecular weight excluding hydrogens is 232 g/mol. The number of aromatic nitrogens is 2. The molecule has 0 aliphatic heterocycles. The highest BCUT2D eigenvalue weighted by Crippen LogP contribution is 2.09. The van der Waals surface area contributed by atoms with E-state index >= 15 is 0 Å². The Morgan fingerprint density at radius 2 is 1.89 bits per heavy atom. The van der Waals surface area contributed by atoms with E-state index in [9.17, 15) is 0 Å². The minimum atomic E-state index is 1.01. The van der Waals surface area contributed by atoms with Crippen LogP contribution in [-0.4, -0.2) is 9.97 Å². The van der Waals surface area contributed by atoms with Crippen LogP contribution in [0.5, 0.6) is 0 Å². The number of rotatable bonds is 6. The summed E-state index contributed by atoms with van der Waals surface area (Å²) in [5.74, 6) is 0. The highest BCUT2D eigenvalue weighted by Gasteiger charge is 1.96. The molecule has 1 rings (SSSR count). The van der Waals surface area contributed by atoms with Crippen LogP contribution in [0.2, 0.25) is 0 Å². The Kier molecular flexibility index (Phi) is 7.09. The van der Waals surface area contributed by atoms with Crippen molar-refractivity contribution in [1.82, 2.24) is 9.97 Å². The zero-order valence-corrected chi connectivity index (χ0v) is 12.7.